The van der Waals surface area contributed by atoms with E-state index in [0.717, 1.165) is 13.2 Å². The molecule has 2 nitrogen and oxygen atoms in total. The molecule has 1 aliphatic rings. The van der Waals surface area contributed by atoms with E-state index in [2.05, 4.69) is 44.3 Å². The molecule has 0 amide bonds. The summed E-state index contributed by atoms with van der Waals surface area (Å²) in [6.07, 6.45) is 5.31. The van der Waals surface area contributed by atoms with Gasteiger partial charge in [0.15, 0.2) is 0 Å². The van der Waals surface area contributed by atoms with Gasteiger partial charge in [-0.2, -0.15) is 0 Å². The van der Waals surface area contributed by atoms with E-state index in [0.29, 0.717) is 12.1 Å². The summed E-state index contributed by atoms with van der Waals surface area (Å²) < 4.78 is 5.74. The van der Waals surface area contributed by atoms with Gasteiger partial charge in [-0.3, -0.25) is 0 Å². The normalized spacial score (nSPS) is 20.7. The van der Waals surface area contributed by atoms with Gasteiger partial charge in [0.05, 0.1) is 6.10 Å². The van der Waals surface area contributed by atoms with E-state index in [-0.39, 0.29) is 0 Å². The highest BCUT2D eigenvalue weighted by Gasteiger charge is 2.19. The van der Waals surface area contributed by atoms with Crippen LogP contribution in [0.15, 0.2) is 18.2 Å². The summed E-state index contributed by atoms with van der Waals surface area (Å²) in [5.41, 5.74) is 4.28. The zero-order valence-corrected chi connectivity index (χ0v) is 12.5. The highest BCUT2D eigenvalue weighted by atomic mass is 16.5. The molecule has 1 saturated heterocycles. The van der Waals surface area contributed by atoms with Crippen LogP contribution in [0, 0.1) is 13.8 Å². The molecule has 1 aromatic carbocycles. The number of hydrogen-bond donors (Lipinski definition) is 1. The van der Waals surface area contributed by atoms with Crippen molar-refractivity contribution in [3.8, 4) is 0 Å². The zero-order valence-electron chi connectivity index (χ0n) is 12.5. The first kappa shape index (κ1) is 14.5. The van der Waals surface area contributed by atoms with E-state index in [1.54, 1.807) is 0 Å². The predicted molar refractivity (Wildman–Crippen MR) is 80.5 cm³/mol. The molecule has 2 atom stereocenters. The van der Waals surface area contributed by atoms with Gasteiger partial charge >= 0.3 is 0 Å². The first-order valence-electron chi connectivity index (χ1n) is 7.63. The van der Waals surface area contributed by atoms with Crippen LogP contribution in [0.2, 0.25) is 0 Å². The van der Waals surface area contributed by atoms with Crippen LogP contribution in [0.25, 0.3) is 0 Å². The predicted octanol–water partition coefficient (Wildman–Crippen LogP) is 3.91. The molecule has 0 aromatic heterocycles. The lowest BCUT2D eigenvalue weighted by atomic mass is 9.93. The first-order chi connectivity index (χ1) is 9.22. The third-order valence-electron chi connectivity index (χ3n) is 4.27. The molecule has 1 aliphatic heterocycles. The van der Waals surface area contributed by atoms with Crippen molar-refractivity contribution >= 4 is 0 Å². The summed E-state index contributed by atoms with van der Waals surface area (Å²) in [5, 5.41) is 3.64. The Morgan fingerprint density at radius 3 is 2.89 bits per heavy atom. The Hall–Kier alpha value is -0.860. The molecular weight excluding hydrogens is 234 g/mol. The number of hydrogen-bond acceptors (Lipinski definition) is 2. The Bertz CT molecular complexity index is 396. The summed E-state index contributed by atoms with van der Waals surface area (Å²) >= 11 is 0. The van der Waals surface area contributed by atoms with Gasteiger partial charge in [-0.05, 0) is 62.8 Å². The minimum absolute atomic E-state index is 0.467. The molecular formula is C17H27NO. The van der Waals surface area contributed by atoms with Crippen LogP contribution < -0.4 is 5.32 Å². The van der Waals surface area contributed by atoms with Crippen molar-refractivity contribution in [3.63, 3.8) is 0 Å². The van der Waals surface area contributed by atoms with Gasteiger partial charge in [-0.25, -0.2) is 0 Å². The maximum absolute atomic E-state index is 5.74. The smallest absolute Gasteiger partial charge is 0.0576 e. The van der Waals surface area contributed by atoms with Crippen molar-refractivity contribution in [2.75, 3.05) is 13.2 Å². The Morgan fingerprint density at radius 1 is 1.37 bits per heavy atom. The second kappa shape index (κ2) is 7.06. The van der Waals surface area contributed by atoms with Crippen LogP contribution in [0.3, 0.4) is 0 Å². The Kier molecular flexibility index (Phi) is 5.41. The lowest BCUT2D eigenvalue weighted by molar-refractivity contribution is 0.0996. The third-order valence-corrected chi connectivity index (χ3v) is 4.27. The molecule has 1 fully saturated rings. The molecule has 2 unspecified atom stereocenters. The molecule has 2 rings (SSSR count). The summed E-state index contributed by atoms with van der Waals surface area (Å²) in [4.78, 5) is 0. The highest BCUT2D eigenvalue weighted by Crippen LogP contribution is 2.27. The Balaban J connectivity index is 2.03. The van der Waals surface area contributed by atoms with Crippen molar-refractivity contribution in [2.45, 2.75) is 58.6 Å². The topological polar surface area (TPSA) is 21.3 Å². The van der Waals surface area contributed by atoms with E-state index in [1.165, 1.54) is 42.4 Å². The largest absolute Gasteiger partial charge is 0.378 e. The summed E-state index contributed by atoms with van der Waals surface area (Å²) in [5.74, 6) is 0. The van der Waals surface area contributed by atoms with Gasteiger partial charge in [0.2, 0.25) is 0 Å². The standard InChI is InChI=1S/C17H27NO/c1-4-18-17(11-10-15-8-6-12-19-15)16-9-5-7-13(2)14(16)3/h5,7,9,15,17-18H,4,6,8,10-12H2,1-3H3. The van der Waals surface area contributed by atoms with Crippen molar-refractivity contribution in [1.82, 2.24) is 5.32 Å². The van der Waals surface area contributed by atoms with Crippen molar-refractivity contribution in [1.29, 1.82) is 0 Å². The van der Waals surface area contributed by atoms with Gasteiger partial charge in [0.25, 0.3) is 0 Å². The van der Waals surface area contributed by atoms with Crippen LogP contribution in [0.5, 0.6) is 0 Å². The van der Waals surface area contributed by atoms with Crippen molar-refractivity contribution in [3.05, 3.63) is 34.9 Å². The Labute approximate surface area is 117 Å². The number of ether oxygens (including phenoxy) is 1. The fraction of sp³-hybridized carbons (Fsp3) is 0.647. The number of benzene rings is 1. The summed E-state index contributed by atoms with van der Waals surface area (Å²) in [6.45, 7) is 8.59. The molecule has 0 saturated carbocycles. The molecule has 106 valence electrons. The van der Waals surface area contributed by atoms with Gasteiger partial charge in [0, 0.05) is 12.6 Å². The van der Waals surface area contributed by atoms with Gasteiger partial charge in [-0.15, -0.1) is 0 Å². The molecule has 0 spiro atoms. The quantitative estimate of drug-likeness (QED) is 0.838. The number of aryl methyl sites for hydroxylation is 1. The monoisotopic (exact) mass is 261 g/mol. The first-order valence-corrected chi connectivity index (χ1v) is 7.63. The van der Waals surface area contributed by atoms with Crippen LogP contribution in [0.1, 0.15) is 55.3 Å². The number of nitrogens with one attached hydrogen (secondary N) is 1. The van der Waals surface area contributed by atoms with Crippen LogP contribution in [0.4, 0.5) is 0 Å². The van der Waals surface area contributed by atoms with E-state index < -0.39 is 0 Å². The van der Waals surface area contributed by atoms with E-state index in [1.807, 2.05) is 0 Å². The fourth-order valence-electron chi connectivity index (χ4n) is 2.99. The van der Waals surface area contributed by atoms with Crippen LogP contribution >= 0.6 is 0 Å². The zero-order chi connectivity index (χ0) is 13.7. The molecule has 1 N–H and O–H groups in total. The lowest BCUT2D eigenvalue weighted by Crippen LogP contribution is -2.23. The molecule has 0 aliphatic carbocycles. The Morgan fingerprint density at radius 2 is 2.21 bits per heavy atom. The van der Waals surface area contributed by atoms with E-state index in [4.69, 9.17) is 4.74 Å². The van der Waals surface area contributed by atoms with E-state index in [9.17, 15) is 0 Å². The van der Waals surface area contributed by atoms with Crippen LogP contribution in [-0.4, -0.2) is 19.3 Å². The second-order valence-corrected chi connectivity index (χ2v) is 5.61. The van der Waals surface area contributed by atoms with Crippen molar-refractivity contribution in [2.24, 2.45) is 0 Å². The molecule has 1 heterocycles. The number of rotatable bonds is 6. The fourth-order valence-corrected chi connectivity index (χ4v) is 2.99. The highest BCUT2D eigenvalue weighted by molar-refractivity contribution is 5.35. The maximum atomic E-state index is 5.74. The third kappa shape index (κ3) is 3.80. The molecule has 0 radical (unpaired) electrons. The maximum Gasteiger partial charge on any atom is 0.0576 e. The van der Waals surface area contributed by atoms with Gasteiger partial charge in [-0.1, -0.05) is 25.1 Å². The minimum Gasteiger partial charge on any atom is -0.378 e. The molecule has 19 heavy (non-hydrogen) atoms. The van der Waals surface area contributed by atoms with Gasteiger partial charge < -0.3 is 10.1 Å². The summed E-state index contributed by atoms with van der Waals surface area (Å²) in [6, 6.07) is 7.11. The molecule has 0 bridgehead atoms. The second-order valence-electron chi connectivity index (χ2n) is 5.61. The average molecular weight is 261 g/mol. The van der Waals surface area contributed by atoms with Crippen molar-refractivity contribution < 1.29 is 4.74 Å². The van der Waals surface area contributed by atoms with Gasteiger partial charge in [0.1, 0.15) is 0 Å². The molecule has 2 heteroatoms. The summed E-state index contributed by atoms with van der Waals surface area (Å²) in [7, 11) is 0. The SMILES string of the molecule is CCNC(CCC1CCCO1)c1cccc(C)c1C. The molecule has 1 aromatic rings. The van der Waals surface area contributed by atoms with E-state index >= 15 is 0 Å². The van der Waals surface area contributed by atoms with Crippen LogP contribution in [-0.2, 0) is 4.74 Å². The minimum atomic E-state index is 0.467. The lowest BCUT2D eigenvalue weighted by Gasteiger charge is -2.22. The average Bonchev–Trinajstić information content (AvgIpc) is 2.91.